The van der Waals surface area contributed by atoms with Crippen molar-refractivity contribution >= 4 is 0 Å². The molecule has 1 aliphatic carbocycles. The highest BCUT2D eigenvalue weighted by Crippen LogP contribution is 2.37. The Morgan fingerprint density at radius 3 is 2.42 bits per heavy atom. The summed E-state index contributed by atoms with van der Waals surface area (Å²) in [6, 6.07) is 1.49. The van der Waals surface area contributed by atoms with Crippen LogP contribution in [-0.2, 0) is 0 Å². The fourth-order valence-electron chi connectivity index (χ4n) is 3.35. The van der Waals surface area contributed by atoms with Gasteiger partial charge in [-0.3, -0.25) is 4.90 Å². The smallest absolute Gasteiger partial charge is 0.0249 e. The van der Waals surface area contributed by atoms with E-state index in [2.05, 4.69) is 37.9 Å². The van der Waals surface area contributed by atoms with Crippen LogP contribution in [0.15, 0.2) is 0 Å². The maximum atomic E-state index is 3.82. The molecule has 2 aliphatic rings. The first kappa shape index (κ1) is 15.3. The lowest BCUT2D eigenvalue weighted by atomic mass is 9.84. The van der Waals surface area contributed by atoms with Gasteiger partial charge >= 0.3 is 0 Å². The van der Waals surface area contributed by atoms with E-state index in [0.29, 0.717) is 11.5 Å². The van der Waals surface area contributed by atoms with Crippen LogP contribution in [0.3, 0.4) is 0 Å². The second kappa shape index (κ2) is 6.58. The molecule has 0 aromatic heterocycles. The van der Waals surface area contributed by atoms with E-state index >= 15 is 0 Å². The zero-order valence-corrected chi connectivity index (χ0v) is 13.5. The van der Waals surface area contributed by atoms with Gasteiger partial charge in [-0.1, -0.05) is 47.0 Å². The molecule has 0 radical (unpaired) electrons. The van der Waals surface area contributed by atoms with Crippen molar-refractivity contribution in [1.82, 2.24) is 10.2 Å². The average Bonchev–Trinajstić information content (AvgIpc) is 3.17. The van der Waals surface area contributed by atoms with Gasteiger partial charge in [-0.05, 0) is 37.1 Å². The van der Waals surface area contributed by atoms with Crippen LogP contribution >= 0.6 is 0 Å². The molecular formula is C17H34N2. The topological polar surface area (TPSA) is 15.3 Å². The van der Waals surface area contributed by atoms with Crippen molar-refractivity contribution in [3.63, 3.8) is 0 Å². The fraction of sp³-hybridized carbons (Fsp3) is 1.00. The Morgan fingerprint density at radius 2 is 1.84 bits per heavy atom. The molecule has 2 unspecified atom stereocenters. The third-order valence-electron chi connectivity index (χ3n) is 4.97. The molecule has 19 heavy (non-hydrogen) atoms. The Morgan fingerprint density at radius 1 is 1.11 bits per heavy atom. The van der Waals surface area contributed by atoms with E-state index in [1.807, 2.05) is 0 Å². The molecule has 1 N–H and O–H groups in total. The predicted octanol–water partition coefficient (Wildman–Crippen LogP) is 3.67. The minimum Gasteiger partial charge on any atom is -0.311 e. The Labute approximate surface area is 120 Å². The van der Waals surface area contributed by atoms with Crippen molar-refractivity contribution < 1.29 is 0 Å². The minimum atomic E-state index is 0.385. The van der Waals surface area contributed by atoms with E-state index in [1.54, 1.807) is 0 Å². The Hall–Kier alpha value is -0.0800. The highest BCUT2D eigenvalue weighted by molar-refractivity contribution is 4.97. The lowest BCUT2D eigenvalue weighted by Gasteiger charge is -2.45. The van der Waals surface area contributed by atoms with E-state index in [-0.39, 0.29) is 0 Å². The number of nitrogens with zero attached hydrogens (tertiary/aromatic N) is 1. The van der Waals surface area contributed by atoms with Gasteiger partial charge in [-0.25, -0.2) is 0 Å². The molecule has 1 heterocycles. The first-order valence-electron chi connectivity index (χ1n) is 8.49. The number of hydrogen-bond acceptors (Lipinski definition) is 2. The zero-order valence-electron chi connectivity index (χ0n) is 13.5. The molecule has 1 saturated heterocycles. The van der Waals surface area contributed by atoms with Crippen molar-refractivity contribution in [3.8, 4) is 0 Å². The molecule has 1 aliphatic heterocycles. The third-order valence-corrected chi connectivity index (χ3v) is 4.97. The van der Waals surface area contributed by atoms with Crippen molar-refractivity contribution in [2.75, 3.05) is 19.6 Å². The van der Waals surface area contributed by atoms with Gasteiger partial charge in [0, 0.05) is 25.2 Å². The standard InChI is InChI=1S/C17H34N2/c1-5-6-7-8-11-19-13-16(17(2,3)4)18-12-15(19)14-9-10-14/h14-16,18H,5-13H2,1-4H3. The summed E-state index contributed by atoms with van der Waals surface area (Å²) in [5.74, 6) is 1.000. The predicted molar refractivity (Wildman–Crippen MR) is 83.5 cm³/mol. The largest absolute Gasteiger partial charge is 0.311 e. The molecule has 1 saturated carbocycles. The van der Waals surface area contributed by atoms with Crippen LogP contribution in [0, 0.1) is 11.3 Å². The Balaban J connectivity index is 1.85. The van der Waals surface area contributed by atoms with E-state index in [4.69, 9.17) is 0 Å². The summed E-state index contributed by atoms with van der Waals surface area (Å²) in [6.45, 7) is 13.2. The molecule has 2 atom stereocenters. The van der Waals surface area contributed by atoms with E-state index in [1.165, 1.54) is 58.2 Å². The summed E-state index contributed by atoms with van der Waals surface area (Å²) in [5, 5.41) is 3.82. The Kier molecular flexibility index (Phi) is 5.30. The van der Waals surface area contributed by atoms with Gasteiger partial charge in [0.25, 0.3) is 0 Å². The number of nitrogens with one attached hydrogen (secondary N) is 1. The fourth-order valence-corrected chi connectivity index (χ4v) is 3.35. The van der Waals surface area contributed by atoms with Crippen LogP contribution in [0.4, 0.5) is 0 Å². The van der Waals surface area contributed by atoms with Gasteiger partial charge in [0.05, 0.1) is 0 Å². The maximum Gasteiger partial charge on any atom is 0.0249 e. The molecule has 0 aromatic carbocycles. The number of hydrogen-bond donors (Lipinski definition) is 1. The van der Waals surface area contributed by atoms with E-state index in [9.17, 15) is 0 Å². The van der Waals surface area contributed by atoms with Crippen molar-refractivity contribution in [2.45, 2.75) is 78.3 Å². The molecule has 2 nitrogen and oxygen atoms in total. The molecule has 2 heteroatoms. The summed E-state index contributed by atoms with van der Waals surface area (Å²) >= 11 is 0. The summed E-state index contributed by atoms with van der Waals surface area (Å²) in [5.41, 5.74) is 0.385. The average molecular weight is 266 g/mol. The van der Waals surface area contributed by atoms with E-state index < -0.39 is 0 Å². The van der Waals surface area contributed by atoms with Crippen LogP contribution < -0.4 is 5.32 Å². The molecule has 0 bridgehead atoms. The minimum absolute atomic E-state index is 0.385. The molecule has 0 amide bonds. The summed E-state index contributed by atoms with van der Waals surface area (Å²) < 4.78 is 0. The van der Waals surface area contributed by atoms with Crippen LogP contribution in [0.2, 0.25) is 0 Å². The monoisotopic (exact) mass is 266 g/mol. The molecule has 0 aromatic rings. The van der Waals surface area contributed by atoms with Gasteiger partial charge < -0.3 is 5.32 Å². The molecule has 2 rings (SSSR count). The second-order valence-corrected chi connectivity index (χ2v) is 7.79. The molecule has 112 valence electrons. The van der Waals surface area contributed by atoms with Gasteiger partial charge in [0.15, 0.2) is 0 Å². The quantitative estimate of drug-likeness (QED) is 0.738. The van der Waals surface area contributed by atoms with Gasteiger partial charge in [-0.2, -0.15) is 0 Å². The normalized spacial score (nSPS) is 29.7. The van der Waals surface area contributed by atoms with Crippen molar-refractivity contribution in [1.29, 1.82) is 0 Å². The summed E-state index contributed by atoms with van der Waals surface area (Å²) in [7, 11) is 0. The summed E-state index contributed by atoms with van der Waals surface area (Å²) in [6.07, 6.45) is 8.50. The van der Waals surface area contributed by atoms with Gasteiger partial charge in [0.1, 0.15) is 0 Å². The molecule has 0 spiro atoms. The van der Waals surface area contributed by atoms with Crippen LogP contribution in [-0.4, -0.2) is 36.6 Å². The highest BCUT2D eigenvalue weighted by atomic mass is 15.2. The lowest BCUT2D eigenvalue weighted by Crippen LogP contribution is -2.61. The van der Waals surface area contributed by atoms with Gasteiger partial charge in [0.2, 0.25) is 0 Å². The highest BCUT2D eigenvalue weighted by Gasteiger charge is 2.40. The van der Waals surface area contributed by atoms with E-state index in [0.717, 1.165) is 12.0 Å². The van der Waals surface area contributed by atoms with Crippen LogP contribution in [0.25, 0.3) is 0 Å². The number of unbranched alkanes of at least 4 members (excludes halogenated alkanes) is 3. The SMILES string of the molecule is CCCCCCN1CC(C(C)(C)C)NCC1C1CC1. The first-order chi connectivity index (χ1) is 9.02. The second-order valence-electron chi connectivity index (χ2n) is 7.79. The number of rotatable bonds is 6. The molecular weight excluding hydrogens is 232 g/mol. The Bertz CT molecular complexity index is 265. The summed E-state index contributed by atoms with van der Waals surface area (Å²) in [4.78, 5) is 2.82. The third kappa shape index (κ3) is 4.46. The lowest BCUT2D eigenvalue weighted by molar-refractivity contribution is 0.0735. The first-order valence-corrected chi connectivity index (χ1v) is 8.49. The van der Waals surface area contributed by atoms with Crippen molar-refractivity contribution in [3.05, 3.63) is 0 Å². The van der Waals surface area contributed by atoms with Crippen molar-refractivity contribution in [2.24, 2.45) is 11.3 Å². The van der Waals surface area contributed by atoms with Crippen LogP contribution in [0.5, 0.6) is 0 Å². The maximum absolute atomic E-state index is 3.82. The zero-order chi connectivity index (χ0) is 13.9. The number of piperazine rings is 1. The molecule has 2 fully saturated rings. The van der Waals surface area contributed by atoms with Crippen LogP contribution in [0.1, 0.15) is 66.2 Å². The van der Waals surface area contributed by atoms with Gasteiger partial charge in [-0.15, -0.1) is 0 Å².